The molecule has 0 saturated heterocycles. The number of hydrogen-bond donors (Lipinski definition) is 0. The van der Waals surface area contributed by atoms with Crippen molar-refractivity contribution in [1.29, 1.82) is 0 Å². The van der Waals surface area contributed by atoms with E-state index >= 15 is 0 Å². The van der Waals surface area contributed by atoms with E-state index in [0.29, 0.717) is 17.9 Å². The fraction of sp³-hybridized carbons (Fsp3) is 0.667. The molecule has 1 aliphatic rings. The molecule has 0 unspecified atom stereocenters. The Labute approximate surface area is 99.6 Å². The standard InChI is InChI=1S/C12H18N2O3/c1-5-12(6-2)7-8-9(15)13(3)11(16)14(4)10(8)17-12/h5-7H2,1-4H3. The number of ether oxygens (including phenoxy) is 1. The van der Waals surface area contributed by atoms with Gasteiger partial charge < -0.3 is 4.74 Å². The summed E-state index contributed by atoms with van der Waals surface area (Å²) in [6.07, 6.45) is 2.25. The van der Waals surface area contributed by atoms with Gasteiger partial charge in [0.2, 0.25) is 5.88 Å². The highest BCUT2D eigenvalue weighted by Gasteiger charge is 2.40. The average Bonchev–Trinajstić information content (AvgIpc) is 2.74. The van der Waals surface area contributed by atoms with Crippen molar-refractivity contribution in [2.45, 2.75) is 38.7 Å². The van der Waals surface area contributed by atoms with E-state index in [1.165, 1.54) is 11.6 Å². The van der Waals surface area contributed by atoms with Gasteiger partial charge in [-0.3, -0.25) is 13.9 Å². The van der Waals surface area contributed by atoms with E-state index in [0.717, 1.165) is 17.4 Å². The van der Waals surface area contributed by atoms with Crippen LogP contribution in [0, 0.1) is 0 Å². The van der Waals surface area contributed by atoms with Crippen LogP contribution in [-0.4, -0.2) is 14.7 Å². The van der Waals surface area contributed by atoms with Crippen LogP contribution in [0.3, 0.4) is 0 Å². The van der Waals surface area contributed by atoms with Gasteiger partial charge in [0.1, 0.15) is 5.60 Å². The van der Waals surface area contributed by atoms with Crippen LogP contribution in [-0.2, 0) is 20.5 Å². The summed E-state index contributed by atoms with van der Waals surface area (Å²) in [4.78, 5) is 23.8. The minimum atomic E-state index is -0.336. The summed E-state index contributed by atoms with van der Waals surface area (Å²) in [7, 11) is 3.14. The van der Waals surface area contributed by atoms with E-state index in [4.69, 9.17) is 4.74 Å². The summed E-state index contributed by atoms with van der Waals surface area (Å²) in [6.45, 7) is 4.08. The van der Waals surface area contributed by atoms with Crippen LogP contribution in [0.2, 0.25) is 0 Å². The second-order valence-corrected chi connectivity index (χ2v) is 4.66. The third-order valence-corrected chi connectivity index (χ3v) is 3.80. The van der Waals surface area contributed by atoms with E-state index in [-0.39, 0.29) is 16.9 Å². The maximum atomic E-state index is 12.0. The van der Waals surface area contributed by atoms with Crippen molar-refractivity contribution in [2.75, 3.05) is 0 Å². The van der Waals surface area contributed by atoms with Crippen LogP contribution in [0.4, 0.5) is 0 Å². The van der Waals surface area contributed by atoms with Gasteiger partial charge in [-0.25, -0.2) is 4.79 Å². The summed E-state index contributed by atoms with van der Waals surface area (Å²) < 4.78 is 8.45. The van der Waals surface area contributed by atoms with Crippen LogP contribution in [0.5, 0.6) is 5.88 Å². The molecule has 1 aromatic rings. The van der Waals surface area contributed by atoms with Crippen molar-refractivity contribution in [2.24, 2.45) is 14.1 Å². The quantitative estimate of drug-likeness (QED) is 0.757. The van der Waals surface area contributed by atoms with E-state index in [2.05, 4.69) is 0 Å². The number of hydrogen-bond acceptors (Lipinski definition) is 3. The molecule has 0 aliphatic carbocycles. The van der Waals surface area contributed by atoms with Gasteiger partial charge in [-0.2, -0.15) is 0 Å². The van der Waals surface area contributed by atoms with Crippen LogP contribution in [0.1, 0.15) is 32.3 Å². The lowest BCUT2D eigenvalue weighted by Gasteiger charge is -2.25. The molecule has 0 bridgehead atoms. The predicted molar refractivity (Wildman–Crippen MR) is 64.6 cm³/mol. The maximum Gasteiger partial charge on any atom is 0.333 e. The highest BCUT2D eigenvalue weighted by molar-refractivity contribution is 5.32. The van der Waals surface area contributed by atoms with Crippen LogP contribution >= 0.6 is 0 Å². The van der Waals surface area contributed by atoms with Crippen LogP contribution in [0.15, 0.2) is 9.59 Å². The van der Waals surface area contributed by atoms with Gasteiger partial charge in [0, 0.05) is 20.5 Å². The molecule has 0 aromatic carbocycles. The van der Waals surface area contributed by atoms with E-state index in [9.17, 15) is 9.59 Å². The molecular weight excluding hydrogens is 220 g/mol. The lowest BCUT2D eigenvalue weighted by Crippen LogP contribution is -2.38. The zero-order valence-electron chi connectivity index (χ0n) is 10.7. The van der Waals surface area contributed by atoms with Crippen LogP contribution in [0.25, 0.3) is 0 Å². The van der Waals surface area contributed by atoms with E-state index in [1.54, 1.807) is 7.05 Å². The molecule has 0 spiro atoms. The first-order valence-corrected chi connectivity index (χ1v) is 5.93. The van der Waals surface area contributed by atoms with Crippen LogP contribution < -0.4 is 16.0 Å². The van der Waals surface area contributed by atoms with Crippen molar-refractivity contribution in [3.63, 3.8) is 0 Å². The first-order valence-electron chi connectivity index (χ1n) is 5.93. The Balaban J connectivity index is 2.68. The van der Waals surface area contributed by atoms with Crippen molar-refractivity contribution >= 4 is 0 Å². The molecule has 1 aliphatic heterocycles. The minimum absolute atomic E-state index is 0.230. The van der Waals surface area contributed by atoms with Gasteiger partial charge in [-0.15, -0.1) is 0 Å². The first-order chi connectivity index (χ1) is 7.95. The molecule has 0 radical (unpaired) electrons. The number of rotatable bonds is 2. The molecule has 0 fully saturated rings. The lowest BCUT2D eigenvalue weighted by molar-refractivity contribution is 0.0772. The molecule has 17 heavy (non-hydrogen) atoms. The molecular formula is C12H18N2O3. The van der Waals surface area contributed by atoms with Gasteiger partial charge in [0.15, 0.2) is 0 Å². The molecule has 1 aromatic heterocycles. The van der Waals surface area contributed by atoms with E-state index < -0.39 is 0 Å². The zero-order valence-corrected chi connectivity index (χ0v) is 10.7. The maximum absolute atomic E-state index is 12.0. The molecule has 0 atom stereocenters. The highest BCUT2D eigenvalue weighted by atomic mass is 16.5. The topological polar surface area (TPSA) is 53.2 Å². The number of aromatic nitrogens is 2. The van der Waals surface area contributed by atoms with Gasteiger partial charge >= 0.3 is 5.69 Å². The van der Waals surface area contributed by atoms with Gasteiger partial charge in [0.05, 0.1) is 5.56 Å². The Bertz CT molecular complexity index is 564. The Morgan fingerprint density at radius 1 is 1.18 bits per heavy atom. The Hall–Kier alpha value is -1.52. The molecule has 0 saturated carbocycles. The molecule has 0 amide bonds. The monoisotopic (exact) mass is 238 g/mol. The SMILES string of the molecule is CCC1(CC)Cc2c(n(C)c(=O)n(C)c2=O)O1. The fourth-order valence-corrected chi connectivity index (χ4v) is 2.38. The molecule has 0 N–H and O–H groups in total. The Kier molecular flexibility index (Phi) is 2.64. The minimum Gasteiger partial charge on any atom is -0.471 e. The molecule has 94 valence electrons. The van der Waals surface area contributed by atoms with Crippen molar-refractivity contribution in [3.8, 4) is 5.88 Å². The lowest BCUT2D eigenvalue weighted by atomic mass is 9.92. The first kappa shape index (κ1) is 12.0. The normalized spacial score (nSPS) is 16.7. The van der Waals surface area contributed by atoms with Gasteiger partial charge in [0.25, 0.3) is 5.56 Å². The summed E-state index contributed by atoms with van der Waals surface area (Å²) in [5.74, 6) is 0.446. The van der Waals surface area contributed by atoms with Gasteiger partial charge in [-0.1, -0.05) is 13.8 Å². The van der Waals surface area contributed by atoms with Gasteiger partial charge in [-0.05, 0) is 12.8 Å². The molecule has 5 heteroatoms. The van der Waals surface area contributed by atoms with Crippen molar-refractivity contribution < 1.29 is 4.74 Å². The summed E-state index contributed by atoms with van der Waals surface area (Å²) in [6, 6.07) is 0. The summed E-state index contributed by atoms with van der Waals surface area (Å²) >= 11 is 0. The second kappa shape index (κ2) is 3.75. The summed E-state index contributed by atoms with van der Waals surface area (Å²) in [5.41, 5.74) is -0.262. The van der Waals surface area contributed by atoms with Crippen molar-refractivity contribution in [1.82, 2.24) is 9.13 Å². The Morgan fingerprint density at radius 3 is 2.29 bits per heavy atom. The third kappa shape index (κ3) is 1.52. The zero-order chi connectivity index (χ0) is 12.8. The van der Waals surface area contributed by atoms with E-state index in [1.807, 2.05) is 13.8 Å². The second-order valence-electron chi connectivity index (χ2n) is 4.66. The molecule has 5 nitrogen and oxygen atoms in total. The third-order valence-electron chi connectivity index (χ3n) is 3.80. The fourth-order valence-electron chi connectivity index (χ4n) is 2.38. The average molecular weight is 238 g/mol. The number of nitrogens with zero attached hydrogens (tertiary/aromatic N) is 2. The summed E-state index contributed by atoms with van der Waals surface area (Å²) in [5, 5.41) is 0. The largest absolute Gasteiger partial charge is 0.471 e. The van der Waals surface area contributed by atoms with Crippen molar-refractivity contribution in [3.05, 3.63) is 26.4 Å². The molecule has 2 heterocycles. The number of fused-ring (bicyclic) bond motifs is 1. The smallest absolute Gasteiger partial charge is 0.333 e. The Morgan fingerprint density at radius 2 is 1.76 bits per heavy atom. The highest BCUT2D eigenvalue weighted by Crippen LogP contribution is 2.35. The predicted octanol–water partition coefficient (Wildman–Crippen LogP) is 0.578. The molecule has 2 rings (SSSR count).